The fraction of sp³-hybridized carbons (Fsp3) is 0.0909. The molecule has 1 N–H and O–H groups in total. The number of nitrogens with zero attached hydrogens (tertiary/aromatic N) is 4. The van der Waals surface area contributed by atoms with E-state index >= 15 is 0 Å². The van der Waals surface area contributed by atoms with Crippen LogP contribution in [-0.2, 0) is 11.2 Å². The predicted octanol–water partition coefficient (Wildman–Crippen LogP) is 4.68. The van der Waals surface area contributed by atoms with E-state index in [-0.39, 0.29) is 5.91 Å². The summed E-state index contributed by atoms with van der Waals surface area (Å²) in [4.78, 5) is 20.5. The highest BCUT2D eigenvalue weighted by atomic mass is 35.5. The van der Waals surface area contributed by atoms with Gasteiger partial charge in [0.25, 0.3) is 0 Å². The highest BCUT2D eigenvalue weighted by Gasteiger charge is 2.06. The van der Waals surface area contributed by atoms with Gasteiger partial charge in [0.15, 0.2) is 5.82 Å². The standard InChI is InChI=1S/C22H18ClN5O2/c23-17-4-1-3-16(13-17)5-10-21(29)27-18-6-8-19(9-7-18)30-22-14-20(24-15-25-22)28-12-2-11-26-28/h1-4,6-9,11-15H,5,10H2,(H,27,29). The molecule has 0 bridgehead atoms. The van der Waals surface area contributed by atoms with Gasteiger partial charge in [-0.1, -0.05) is 23.7 Å². The van der Waals surface area contributed by atoms with E-state index in [1.165, 1.54) is 6.33 Å². The number of carbonyl (C=O) groups excluding carboxylic acids is 1. The van der Waals surface area contributed by atoms with Crippen LogP contribution < -0.4 is 10.1 Å². The lowest BCUT2D eigenvalue weighted by Gasteiger charge is -2.08. The van der Waals surface area contributed by atoms with Gasteiger partial charge in [-0.25, -0.2) is 14.6 Å². The summed E-state index contributed by atoms with van der Waals surface area (Å²) in [5.41, 5.74) is 1.72. The highest BCUT2D eigenvalue weighted by molar-refractivity contribution is 6.30. The van der Waals surface area contributed by atoms with Crippen LogP contribution in [0.15, 0.2) is 79.4 Å². The topological polar surface area (TPSA) is 81.9 Å². The van der Waals surface area contributed by atoms with Gasteiger partial charge < -0.3 is 10.1 Å². The van der Waals surface area contributed by atoms with E-state index in [1.54, 1.807) is 47.4 Å². The number of benzene rings is 2. The zero-order valence-electron chi connectivity index (χ0n) is 15.9. The Morgan fingerprint density at radius 2 is 1.93 bits per heavy atom. The second-order valence-electron chi connectivity index (χ2n) is 6.47. The first-order chi connectivity index (χ1) is 14.7. The van der Waals surface area contributed by atoms with Crippen molar-refractivity contribution < 1.29 is 9.53 Å². The van der Waals surface area contributed by atoms with Crippen LogP contribution in [0.1, 0.15) is 12.0 Å². The van der Waals surface area contributed by atoms with Gasteiger partial charge in [-0.05, 0) is 54.4 Å². The number of nitrogens with one attached hydrogen (secondary N) is 1. The van der Waals surface area contributed by atoms with E-state index in [0.29, 0.717) is 41.0 Å². The fourth-order valence-corrected chi connectivity index (χ4v) is 3.03. The molecule has 0 aliphatic carbocycles. The Bertz CT molecular complexity index is 1130. The van der Waals surface area contributed by atoms with Gasteiger partial charge in [-0.2, -0.15) is 5.10 Å². The number of carbonyl (C=O) groups is 1. The Kier molecular flexibility index (Phi) is 6.01. The number of aromatic nitrogens is 4. The van der Waals surface area contributed by atoms with Crippen LogP contribution in [0.25, 0.3) is 5.82 Å². The van der Waals surface area contributed by atoms with Crippen LogP contribution in [0.2, 0.25) is 5.02 Å². The van der Waals surface area contributed by atoms with Gasteiger partial charge in [0.05, 0.1) is 0 Å². The fourth-order valence-electron chi connectivity index (χ4n) is 2.82. The number of ether oxygens (including phenoxy) is 1. The molecular weight excluding hydrogens is 402 g/mol. The molecule has 0 saturated carbocycles. The maximum Gasteiger partial charge on any atom is 0.224 e. The summed E-state index contributed by atoms with van der Waals surface area (Å²) in [6.45, 7) is 0. The van der Waals surface area contributed by atoms with Crippen LogP contribution in [-0.4, -0.2) is 25.7 Å². The summed E-state index contributed by atoms with van der Waals surface area (Å²) >= 11 is 5.97. The summed E-state index contributed by atoms with van der Waals surface area (Å²) in [7, 11) is 0. The third-order valence-electron chi connectivity index (χ3n) is 4.26. The first kappa shape index (κ1) is 19.6. The lowest BCUT2D eigenvalue weighted by Crippen LogP contribution is -2.12. The van der Waals surface area contributed by atoms with Gasteiger partial charge in [0, 0.05) is 35.6 Å². The molecule has 0 spiro atoms. The van der Waals surface area contributed by atoms with E-state index in [1.807, 2.05) is 30.3 Å². The molecule has 0 fully saturated rings. The zero-order valence-corrected chi connectivity index (χ0v) is 16.7. The number of halogens is 1. The normalized spacial score (nSPS) is 10.6. The predicted molar refractivity (Wildman–Crippen MR) is 114 cm³/mol. The lowest BCUT2D eigenvalue weighted by molar-refractivity contribution is -0.116. The van der Waals surface area contributed by atoms with Gasteiger partial charge in [0.1, 0.15) is 12.1 Å². The number of amides is 1. The second kappa shape index (κ2) is 9.19. The van der Waals surface area contributed by atoms with Crippen molar-refractivity contribution in [2.75, 3.05) is 5.32 Å². The second-order valence-corrected chi connectivity index (χ2v) is 6.91. The molecule has 8 heteroatoms. The molecule has 7 nitrogen and oxygen atoms in total. The molecule has 2 aromatic heterocycles. The van der Waals surface area contributed by atoms with Crippen molar-refractivity contribution in [3.8, 4) is 17.4 Å². The van der Waals surface area contributed by atoms with Crippen molar-refractivity contribution in [3.63, 3.8) is 0 Å². The molecule has 1 amide bonds. The molecule has 150 valence electrons. The van der Waals surface area contributed by atoms with Gasteiger partial charge in [0.2, 0.25) is 11.8 Å². The number of hydrogen-bond donors (Lipinski definition) is 1. The third-order valence-corrected chi connectivity index (χ3v) is 4.49. The van der Waals surface area contributed by atoms with E-state index in [0.717, 1.165) is 5.56 Å². The number of aryl methyl sites for hydroxylation is 1. The minimum atomic E-state index is -0.0664. The molecule has 30 heavy (non-hydrogen) atoms. The van der Waals surface area contributed by atoms with Crippen LogP contribution in [0.5, 0.6) is 11.6 Å². The Morgan fingerprint density at radius 1 is 1.07 bits per heavy atom. The third kappa shape index (κ3) is 5.21. The van der Waals surface area contributed by atoms with E-state index < -0.39 is 0 Å². The van der Waals surface area contributed by atoms with Crippen molar-refractivity contribution in [3.05, 3.63) is 90.0 Å². The van der Waals surface area contributed by atoms with Crippen LogP contribution in [0.4, 0.5) is 5.69 Å². The maximum absolute atomic E-state index is 12.2. The quantitative estimate of drug-likeness (QED) is 0.470. The lowest BCUT2D eigenvalue weighted by atomic mass is 10.1. The Morgan fingerprint density at radius 3 is 2.70 bits per heavy atom. The SMILES string of the molecule is O=C(CCc1cccc(Cl)c1)Nc1ccc(Oc2cc(-n3cccn3)ncn2)cc1. The Balaban J connectivity index is 1.33. The summed E-state index contributed by atoms with van der Waals surface area (Å²) in [5.74, 6) is 1.53. The smallest absolute Gasteiger partial charge is 0.224 e. The van der Waals surface area contributed by atoms with E-state index in [2.05, 4.69) is 20.4 Å². The molecule has 2 aromatic carbocycles. The average molecular weight is 420 g/mol. The molecule has 4 rings (SSSR count). The van der Waals surface area contributed by atoms with Crippen molar-refractivity contribution in [1.82, 2.24) is 19.7 Å². The summed E-state index contributed by atoms with van der Waals surface area (Å²) in [6.07, 6.45) is 5.87. The molecule has 4 aromatic rings. The monoisotopic (exact) mass is 419 g/mol. The minimum absolute atomic E-state index is 0.0664. The molecule has 0 unspecified atom stereocenters. The summed E-state index contributed by atoms with van der Waals surface area (Å²) in [6, 6.07) is 18.1. The molecule has 0 radical (unpaired) electrons. The summed E-state index contributed by atoms with van der Waals surface area (Å²) in [5, 5.41) is 7.69. The molecular formula is C22H18ClN5O2. The Hall–Kier alpha value is -3.71. The molecule has 0 aliphatic heterocycles. The van der Waals surface area contributed by atoms with Crippen molar-refractivity contribution in [2.45, 2.75) is 12.8 Å². The molecule has 0 aliphatic rings. The highest BCUT2D eigenvalue weighted by Crippen LogP contribution is 2.22. The van der Waals surface area contributed by atoms with Crippen LogP contribution in [0.3, 0.4) is 0 Å². The van der Waals surface area contributed by atoms with Crippen molar-refractivity contribution in [2.24, 2.45) is 0 Å². The van der Waals surface area contributed by atoms with E-state index in [9.17, 15) is 4.79 Å². The average Bonchev–Trinajstić information content (AvgIpc) is 3.29. The first-order valence-corrected chi connectivity index (χ1v) is 9.68. The summed E-state index contributed by atoms with van der Waals surface area (Å²) < 4.78 is 7.40. The maximum atomic E-state index is 12.2. The largest absolute Gasteiger partial charge is 0.439 e. The molecule has 2 heterocycles. The first-order valence-electron chi connectivity index (χ1n) is 9.30. The van der Waals surface area contributed by atoms with Crippen LogP contribution >= 0.6 is 11.6 Å². The number of rotatable bonds is 7. The van der Waals surface area contributed by atoms with Crippen molar-refractivity contribution in [1.29, 1.82) is 0 Å². The van der Waals surface area contributed by atoms with E-state index in [4.69, 9.17) is 16.3 Å². The Labute approximate surface area is 178 Å². The minimum Gasteiger partial charge on any atom is -0.439 e. The number of hydrogen-bond acceptors (Lipinski definition) is 5. The zero-order chi connectivity index (χ0) is 20.8. The van der Waals surface area contributed by atoms with Crippen molar-refractivity contribution >= 4 is 23.2 Å². The van der Waals surface area contributed by atoms with Gasteiger partial charge in [-0.3, -0.25) is 4.79 Å². The van der Waals surface area contributed by atoms with Gasteiger partial charge >= 0.3 is 0 Å². The number of anilines is 1. The molecule has 0 saturated heterocycles. The van der Waals surface area contributed by atoms with Crippen LogP contribution in [0, 0.1) is 0 Å². The molecule has 0 atom stereocenters. The van der Waals surface area contributed by atoms with Gasteiger partial charge in [-0.15, -0.1) is 0 Å².